The number of carbonyl (C=O) groups is 1. The second kappa shape index (κ2) is 5.71. The first kappa shape index (κ1) is 13.4. The van der Waals surface area contributed by atoms with E-state index in [0.29, 0.717) is 10.0 Å². The molecule has 0 aliphatic rings. The van der Waals surface area contributed by atoms with Crippen LogP contribution in [0, 0.1) is 0 Å². The molecule has 2 aromatic rings. The van der Waals surface area contributed by atoms with Gasteiger partial charge in [-0.3, -0.25) is 4.79 Å². The molecule has 0 aromatic heterocycles. The first-order valence-corrected chi connectivity index (χ1v) is 6.35. The van der Waals surface area contributed by atoms with Crippen LogP contribution >= 0.6 is 15.9 Å². The number of ketones is 1. The SMILES string of the molecule is O=C(/C=C/c1ccc(O)c(Br)c1)c1cccc(O)c1. The van der Waals surface area contributed by atoms with Crippen molar-refractivity contribution >= 4 is 27.8 Å². The Balaban J connectivity index is 2.18. The molecule has 0 heterocycles. The smallest absolute Gasteiger partial charge is 0.185 e. The van der Waals surface area contributed by atoms with Crippen LogP contribution in [0.5, 0.6) is 11.5 Å². The molecule has 0 amide bonds. The Morgan fingerprint density at radius 3 is 2.58 bits per heavy atom. The van der Waals surface area contributed by atoms with E-state index >= 15 is 0 Å². The van der Waals surface area contributed by atoms with Crippen LogP contribution in [0.2, 0.25) is 0 Å². The zero-order valence-electron chi connectivity index (χ0n) is 9.88. The molecule has 0 aliphatic carbocycles. The zero-order chi connectivity index (χ0) is 13.8. The molecule has 0 atom stereocenters. The van der Waals surface area contributed by atoms with Gasteiger partial charge in [0.2, 0.25) is 0 Å². The van der Waals surface area contributed by atoms with Gasteiger partial charge in [0.05, 0.1) is 4.47 Å². The molecule has 0 spiro atoms. The Kier molecular flexibility index (Phi) is 4.02. The Morgan fingerprint density at radius 1 is 1.11 bits per heavy atom. The largest absolute Gasteiger partial charge is 0.508 e. The quantitative estimate of drug-likeness (QED) is 0.669. The Morgan fingerprint density at radius 2 is 1.89 bits per heavy atom. The summed E-state index contributed by atoms with van der Waals surface area (Å²) < 4.78 is 0.569. The van der Waals surface area contributed by atoms with Crippen LogP contribution < -0.4 is 0 Å². The van der Waals surface area contributed by atoms with E-state index in [2.05, 4.69) is 15.9 Å². The highest BCUT2D eigenvalue weighted by molar-refractivity contribution is 9.10. The van der Waals surface area contributed by atoms with Gasteiger partial charge in [-0.25, -0.2) is 0 Å². The average Bonchev–Trinajstić information content (AvgIpc) is 2.40. The van der Waals surface area contributed by atoms with E-state index in [1.165, 1.54) is 18.2 Å². The maximum atomic E-state index is 11.9. The number of hydrogen-bond donors (Lipinski definition) is 2. The van der Waals surface area contributed by atoms with Crippen molar-refractivity contribution in [2.45, 2.75) is 0 Å². The topological polar surface area (TPSA) is 57.5 Å². The highest BCUT2D eigenvalue weighted by atomic mass is 79.9. The van der Waals surface area contributed by atoms with Crippen molar-refractivity contribution in [3.05, 3.63) is 64.1 Å². The fourth-order valence-corrected chi connectivity index (χ4v) is 1.95. The first-order valence-electron chi connectivity index (χ1n) is 5.56. The monoisotopic (exact) mass is 318 g/mol. The van der Waals surface area contributed by atoms with Crippen LogP contribution in [0.1, 0.15) is 15.9 Å². The van der Waals surface area contributed by atoms with Crippen molar-refractivity contribution in [3.8, 4) is 11.5 Å². The summed E-state index contributed by atoms with van der Waals surface area (Å²) in [4.78, 5) is 11.9. The van der Waals surface area contributed by atoms with Gasteiger partial charge in [-0.1, -0.05) is 24.3 Å². The molecule has 0 bridgehead atoms. The van der Waals surface area contributed by atoms with Gasteiger partial charge in [0.15, 0.2) is 5.78 Å². The summed E-state index contributed by atoms with van der Waals surface area (Å²) in [6.45, 7) is 0. The van der Waals surface area contributed by atoms with Crippen molar-refractivity contribution in [1.82, 2.24) is 0 Å². The standard InChI is InChI=1S/C15H11BrO3/c16-13-8-10(5-7-15(13)19)4-6-14(18)11-2-1-3-12(17)9-11/h1-9,17,19H/b6-4+. The average molecular weight is 319 g/mol. The minimum atomic E-state index is -0.194. The fraction of sp³-hybridized carbons (Fsp3) is 0. The molecular weight excluding hydrogens is 308 g/mol. The van der Waals surface area contributed by atoms with Gasteiger partial charge < -0.3 is 10.2 Å². The molecule has 4 heteroatoms. The Bertz CT molecular complexity index is 648. The molecule has 2 rings (SSSR count). The molecule has 0 radical (unpaired) electrons. The van der Waals surface area contributed by atoms with Crippen LogP contribution in [0.3, 0.4) is 0 Å². The van der Waals surface area contributed by atoms with Crippen LogP contribution in [0.4, 0.5) is 0 Å². The summed E-state index contributed by atoms with van der Waals surface area (Å²) in [6, 6.07) is 11.1. The summed E-state index contributed by atoms with van der Waals surface area (Å²) in [5, 5.41) is 18.7. The van der Waals surface area contributed by atoms with Crippen molar-refractivity contribution in [3.63, 3.8) is 0 Å². The molecule has 0 fully saturated rings. The van der Waals surface area contributed by atoms with E-state index in [9.17, 15) is 15.0 Å². The van der Waals surface area contributed by atoms with Crippen LogP contribution in [0.25, 0.3) is 6.08 Å². The third kappa shape index (κ3) is 3.45. The van der Waals surface area contributed by atoms with E-state index in [1.54, 1.807) is 36.4 Å². The zero-order valence-corrected chi connectivity index (χ0v) is 11.5. The molecule has 2 N–H and O–H groups in total. The molecule has 2 aromatic carbocycles. The second-order valence-electron chi connectivity index (χ2n) is 3.96. The Hall–Kier alpha value is -2.07. The normalized spacial score (nSPS) is 10.8. The molecule has 0 saturated carbocycles. The highest BCUT2D eigenvalue weighted by Crippen LogP contribution is 2.24. The molecule has 0 aliphatic heterocycles. The minimum Gasteiger partial charge on any atom is -0.508 e. The van der Waals surface area contributed by atoms with Crippen molar-refractivity contribution in [2.24, 2.45) is 0 Å². The summed E-state index contributed by atoms with van der Waals surface area (Å²) in [7, 11) is 0. The Labute approximate surface area is 119 Å². The number of benzene rings is 2. The summed E-state index contributed by atoms with van der Waals surface area (Å²) in [5.41, 5.74) is 1.22. The second-order valence-corrected chi connectivity index (χ2v) is 4.81. The fourth-order valence-electron chi connectivity index (χ4n) is 1.55. The molecule has 96 valence electrons. The molecular formula is C15H11BrO3. The molecule has 19 heavy (non-hydrogen) atoms. The first-order chi connectivity index (χ1) is 9.06. The third-order valence-electron chi connectivity index (χ3n) is 2.53. The van der Waals surface area contributed by atoms with Gasteiger partial charge in [-0.05, 0) is 51.8 Å². The van der Waals surface area contributed by atoms with Gasteiger partial charge in [-0.2, -0.15) is 0 Å². The lowest BCUT2D eigenvalue weighted by atomic mass is 10.1. The van der Waals surface area contributed by atoms with E-state index in [4.69, 9.17) is 0 Å². The van der Waals surface area contributed by atoms with E-state index in [1.807, 2.05) is 0 Å². The lowest BCUT2D eigenvalue weighted by Crippen LogP contribution is -1.93. The van der Waals surface area contributed by atoms with Crippen molar-refractivity contribution < 1.29 is 15.0 Å². The number of phenolic OH excluding ortho intramolecular Hbond substituents is 2. The van der Waals surface area contributed by atoms with Gasteiger partial charge in [0, 0.05) is 5.56 Å². The van der Waals surface area contributed by atoms with E-state index < -0.39 is 0 Å². The maximum absolute atomic E-state index is 11.9. The lowest BCUT2D eigenvalue weighted by Gasteiger charge is -1.99. The molecule has 3 nitrogen and oxygen atoms in total. The number of rotatable bonds is 3. The lowest BCUT2D eigenvalue weighted by molar-refractivity contribution is 0.104. The van der Waals surface area contributed by atoms with E-state index in [-0.39, 0.29) is 17.3 Å². The number of carbonyl (C=O) groups excluding carboxylic acids is 1. The van der Waals surface area contributed by atoms with Crippen LogP contribution in [-0.2, 0) is 0 Å². The minimum absolute atomic E-state index is 0.0617. The summed E-state index contributed by atoms with van der Waals surface area (Å²) in [5.74, 6) is 0.0168. The number of allylic oxidation sites excluding steroid dienone is 1. The number of hydrogen-bond acceptors (Lipinski definition) is 3. The maximum Gasteiger partial charge on any atom is 0.185 e. The molecule has 0 unspecified atom stereocenters. The van der Waals surface area contributed by atoms with E-state index in [0.717, 1.165) is 5.56 Å². The van der Waals surface area contributed by atoms with Gasteiger partial charge in [0.1, 0.15) is 11.5 Å². The predicted molar refractivity (Wildman–Crippen MR) is 77.3 cm³/mol. The highest BCUT2D eigenvalue weighted by Gasteiger charge is 2.02. The number of phenols is 2. The summed E-state index contributed by atoms with van der Waals surface area (Å²) >= 11 is 3.21. The van der Waals surface area contributed by atoms with Gasteiger partial charge in [0.25, 0.3) is 0 Å². The van der Waals surface area contributed by atoms with Gasteiger partial charge >= 0.3 is 0 Å². The number of aromatic hydroxyl groups is 2. The predicted octanol–water partition coefficient (Wildman–Crippen LogP) is 3.76. The van der Waals surface area contributed by atoms with Gasteiger partial charge in [-0.15, -0.1) is 0 Å². The van der Waals surface area contributed by atoms with Crippen LogP contribution in [0.15, 0.2) is 53.0 Å². The molecule has 0 saturated heterocycles. The van der Waals surface area contributed by atoms with Crippen molar-refractivity contribution in [2.75, 3.05) is 0 Å². The summed E-state index contributed by atoms with van der Waals surface area (Å²) in [6.07, 6.45) is 3.07. The third-order valence-corrected chi connectivity index (χ3v) is 3.16. The van der Waals surface area contributed by atoms with Crippen molar-refractivity contribution in [1.29, 1.82) is 0 Å². The van der Waals surface area contributed by atoms with Crippen LogP contribution in [-0.4, -0.2) is 16.0 Å². The number of halogens is 1.